The molecule has 0 fully saturated rings. The van der Waals surface area contributed by atoms with Gasteiger partial charge in [0.1, 0.15) is 0 Å². The summed E-state index contributed by atoms with van der Waals surface area (Å²) in [7, 11) is 0. The highest BCUT2D eigenvalue weighted by Gasteiger charge is 2.28. The summed E-state index contributed by atoms with van der Waals surface area (Å²) in [5, 5.41) is 9.44. The maximum absolute atomic E-state index is 7.89. The minimum absolute atomic E-state index is 0.745. The number of anilines is 2. The summed E-state index contributed by atoms with van der Waals surface area (Å²) in [6.07, 6.45) is 0. The highest BCUT2D eigenvalue weighted by atomic mass is 14.6. The lowest BCUT2D eigenvalue weighted by atomic mass is 9.76. The Hall–Kier alpha value is -7.94. The van der Waals surface area contributed by atoms with Gasteiger partial charge in [0.05, 0.1) is 0 Å². The van der Waals surface area contributed by atoms with Gasteiger partial charge in [-0.05, 0) is 124 Å². The third-order valence-electron chi connectivity index (χ3n) is 12.1. The third-order valence-corrected chi connectivity index (χ3v) is 12.1. The van der Waals surface area contributed by atoms with Crippen molar-refractivity contribution in [2.75, 3.05) is 11.5 Å². The third kappa shape index (κ3) is 6.14. The molecule has 2 nitrogen and oxygen atoms in total. The first kappa shape index (κ1) is 35.2. The van der Waals surface area contributed by atoms with Gasteiger partial charge in [-0.15, -0.1) is 0 Å². The van der Waals surface area contributed by atoms with Gasteiger partial charge in [-0.1, -0.05) is 182 Å². The van der Waals surface area contributed by atoms with Gasteiger partial charge < -0.3 is 11.5 Å². The van der Waals surface area contributed by atoms with Gasteiger partial charge in [0, 0.05) is 33.6 Å². The van der Waals surface area contributed by atoms with Crippen LogP contribution in [0, 0.1) is 0 Å². The summed E-state index contributed by atoms with van der Waals surface area (Å²) in [4.78, 5) is 0. The Labute approximate surface area is 349 Å². The monoisotopic (exact) mass is 764 g/mol. The standard InChI is InChI=1S/C58H40N2/c59-52-31-29-42(30-32-52)41-17-23-43(24-18-41)53-54(48-25-19-37-9-1-5-13-44(37)33-48)56(50-27-21-39-11-3-7-15-46(39)35-50)58(60)57(51-28-22-40-12-4-8-16-47(40)36-51)55(53)49-26-20-38-10-2-6-14-45(38)34-49/h1-36H,59-60H2. The predicted octanol–water partition coefficient (Wildman–Crippen LogP) is 15.5. The average Bonchev–Trinajstić information content (AvgIpc) is 3.31. The van der Waals surface area contributed by atoms with Crippen molar-refractivity contribution >= 4 is 54.5 Å². The molecule has 0 aliphatic heterocycles. The van der Waals surface area contributed by atoms with Crippen molar-refractivity contribution in [1.82, 2.24) is 0 Å². The summed E-state index contributed by atoms with van der Waals surface area (Å²) in [5.74, 6) is 0. The zero-order valence-electron chi connectivity index (χ0n) is 32.9. The molecule has 282 valence electrons. The molecule has 0 saturated heterocycles. The van der Waals surface area contributed by atoms with Crippen molar-refractivity contribution in [3.8, 4) is 66.8 Å². The highest BCUT2D eigenvalue weighted by molar-refractivity contribution is 6.15. The van der Waals surface area contributed by atoms with E-state index in [2.05, 4.69) is 206 Å². The first-order chi connectivity index (χ1) is 29.6. The van der Waals surface area contributed by atoms with Gasteiger partial charge in [0.2, 0.25) is 0 Å². The van der Waals surface area contributed by atoms with E-state index in [1.807, 2.05) is 12.1 Å². The van der Waals surface area contributed by atoms with Crippen molar-refractivity contribution in [3.05, 3.63) is 218 Å². The number of nitrogens with two attached hydrogens (primary N) is 2. The predicted molar refractivity (Wildman–Crippen MR) is 258 cm³/mol. The summed E-state index contributed by atoms with van der Waals surface area (Å²) in [6.45, 7) is 0. The zero-order chi connectivity index (χ0) is 40.2. The second-order valence-corrected chi connectivity index (χ2v) is 15.7. The Morgan fingerprint density at radius 3 is 0.800 bits per heavy atom. The number of benzene rings is 11. The smallest absolute Gasteiger partial charge is 0.0486 e. The van der Waals surface area contributed by atoms with E-state index in [0.29, 0.717) is 0 Å². The molecule has 0 bridgehead atoms. The van der Waals surface area contributed by atoms with Crippen LogP contribution in [0.1, 0.15) is 0 Å². The Morgan fingerprint density at radius 1 is 0.200 bits per heavy atom. The van der Waals surface area contributed by atoms with Crippen molar-refractivity contribution in [1.29, 1.82) is 0 Å². The lowest BCUT2D eigenvalue weighted by molar-refractivity contribution is 1.54. The van der Waals surface area contributed by atoms with Gasteiger partial charge >= 0.3 is 0 Å². The van der Waals surface area contributed by atoms with E-state index in [0.717, 1.165) is 78.1 Å². The summed E-state index contributed by atoms with van der Waals surface area (Å²) in [5.41, 5.74) is 28.5. The fourth-order valence-electron chi connectivity index (χ4n) is 9.12. The maximum atomic E-state index is 7.89. The normalized spacial score (nSPS) is 11.5. The van der Waals surface area contributed by atoms with Gasteiger partial charge in [-0.25, -0.2) is 0 Å². The molecule has 4 N–H and O–H groups in total. The quantitative estimate of drug-likeness (QED) is 0.166. The van der Waals surface area contributed by atoms with E-state index >= 15 is 0 Å². The van der Waals surface area contributed by atoms with Crippen LogP contribution in [0.3, 0.4) is 0 Å². The van der Waals surface area contributed by atoms with E-state index in [-0.39, 0.29) is 0 Å². The first-order valence-corrected chi connectivity index (χ1v) is 20.5. The van der Waals surface area contributed by atoms with Crippen LogP contribution in [-0.2, 0) is 0 Å². The number of hydrogen-bond acceptors (Lipinski definition) is 2. The number of nitrogen functional groups attached to an aromatic ring is 2. The van der Waals surface area contributed by atoms with E-state index in [4.69, 9.17) is 11.5 Å². The SMILES string of the molecule is Nc1ccc(-c2ccc(-c3c(-c4ccc5ccccc5c4)c(-c4ccc5ccccc5c4)c(N)c(-c4ccc5ccccc5c4)c3-c3ccc4ccccc4c3)cc2)cc1. The molecule has 0 saturated carbocycles. The van der Waals surface area contributed by atoms with Gasteiger partial charge in [-0.2, -0.15) is 0 Å². The lowest BCUT2D eigenvalue weighted by Crippen LogP contribution is -2.04. The van der Waals surface area contributed by atoms with Crippen molar-refractivity contribution in [2.45, 2.75) is 0 Å². The molecule has 0 heterocycles. The van der Waals surface area contributed by atoms with E-state index < -0.39 is 0 Å². The molecule has 0 atom stereocenters. The molecule has 0 radical (unpaired) electrons. The first-order valence-electron chi connectivity index (χ1n) is 20.5. The largest absolute Gasteiger partial charge is 0.399 e. The van der Waals surface area contributed by atoms with Crippen LogP contribution in [-0.4, -0.2) is 0 Å². The minimum atomic E-state index is 0.745. The second kappa shape index (κ2) is 14.5. The molecule has 0 unspecified atom stereocenters. The van der Waals surface area contributed by atoms with Gasteiger partial charge in [-0.3, -0.25) is 0 Å². The summed E-state index contributed by atoms with van der Waals surface area (Å²) >= 11 is 0. The Bertz CT molecular complexity index is 3250. The van der Waals surface area contributed by atoms with Crippen molar-refractivity contribution < 1.29 is 0 Å². The fraction of sp³-hybridized carbons (Fsp3) is 0. The number of fused-ring (bicyclic) bond motifs is 4. The highest BCUT2D eigenvalue weighted by Crippen LogP contribution is 2.55. The van der Waals surface area contributed by atoms with Crippen LogP contribution in [0.2, 0.25) is 0 Å². The number of rotatable bonds is 6. The molecule has 11 aromatic rings. The minimum Gasteiger partial charge on any atom is -0.399 e. The molecule has 0 amide bonds. The lowest BCUT2D eigenvalue weighted by Gasteiger charge is -2.27. The van der Waals surface area contributed by atoms with Crippen molar-refractivity contribution in [3.63, 3.8) is 0 Å². The molecular formula is C58H40N2. The Balaban J connectivity index is 1.32. The molecule has 11 aromatic carbocycles. The van der Waals surface area contributed by atoms with Crippen LogP contribution in [0.25, 0.3) is 110 Å². The van der Waals surface area contributed by atoms with Crippen LogP contribution in [0.5, 0.6) is 0 Å². The van der Waals surface area contributed by atoms with Crippen LogP contribution >= 0.6 is 0 Å². The average molecular weight is 765 g/mol. The Kier molecular flexibility index (Phi) is 8.49. The second-order valence-electron chi connectivity index (χ2n) is 15.7. The molecule has 2 heteroatoms. The van der Waals surface area contributed by atoms with Crippen molar-refractivity contribution in [2.24, 2.45) is 0 Å². The molecule has 60 heavy (non-hydrogen) atoms. The fourth-order valence-corrected chi connectivity index (χ4v) is 9.12. The Morgan fingerprint density at radius 2 is 0.450 bits per heavy atom. The van der Waals surface area contributed by atoms with E-state index in [1.54, 1.807) is 0 Å². The molecule has 0 aliphatic rings. The molecular weight excluding hydrogens is 725 g/mol. The van der Waals surface area contributed by atoms with Gasteiger partial charge in [0.25, 0.3) is 0 Å². The van der Waals surface area contributed by atoms with E-state index in [9.17, 15) is 0 Å². The van der Waals surface area contributed by atoms with Crippen LogP contribution in [0.4, 0.5) is 11.4 Å². The van der Waals surface area contributed by atoms with Crippen LogP contribution in [0.15, 0.2) is 218 Å². The van der Waals surface area contributed by atoms with E-state index in [1.165, 1.54) is 43.1 Å². The topological polar surface area (TPSA) is 52.0 Å². The summed E-state index contributed by atoms with van der Waals surface area (Å²) < 4.78 is 0. The van der Waals surface area contributed by atoms with Gasteiger partial charge in [0.15, 0.2) is 0 Å². The number of hydrogen-bond donors (Lipinski definition) is 2. The summed E-state index contributed by atoms with van der Waals surface area (Å²) in [6, 6.07) is 78.7. The maximum Gasteiger partial charge on any atom is 0.0486 e. The van der Waals surface area contributed by atoms with Crippen LogP contribution < -0.4 is 11.5 Å². The molecule has 0 aromatic heterocycles. The molecule has 11 rings (SSSR count). The molecule has 0 aliphatic carbocycles. The molecule has 0 spiro atoms. The zero-order valence-corrected chi connectivity index (χ0v) is 32.9.